The lowest BCUT2D eigenvalue weighted by Gasteiger charge is -2.03. The molecule has 0 unspecified atom stereocenters. The fourth-order valence-corrected chi connectivity index (χ4v) is 2.47. The van der Waals surface area contributed by atoms with Crippen molar-refractivity contribution in [3.8, 4) is 0 Å². The number of carbonyl (C=O) groups is 1. The highest BCUT2D eigenvalue weighted by molar-refractivity contribution is 14.1. The SMILES string of the molecule is CCSc1n[nH]c(NC(=O)c2ccccc2I)n1. The minimum atomic E-state index is -0.191. The lowest BCUT2D eigenvalue weighted by atomic mass is 10.2. The zero-order valence-electron chi connectivity index (χ0n) is 9.61. The third kappa shape index (κ3) is 3.22. The number of halogens is 1. The predicted octanol–water partition coefficient (Wildman–Crippen LogP) is 2.77. The van der Waals surface area contributed by atoms with Gasteiger partial charge in [-0.15, -0.1) is 5.10 Å². The van der Waals surface area contributed by atoms with Gasteiger partial charge in [-0.05, 0) is 40.5 Å². The molecule has 1 amide bonds. The molecule has 0 radical (unpaired) electrons. The van der Waals surface area contributed by atoms with Crippen LogP contribution in [-0.4, -0.2) is 26.8 Å². The molecule has 0 saturated heterocycles. The Bertz CT molecular complexity index is 557. The molecule has 1 heterocycles. The molecule has 0 bridgehead atoms. The minimum absolute atomic E-state index is 0.191. The molecule has 0 saturated carbocycles. The number of anilines is 1. The van der Waals surface area contributed by atoms with Gasteiger partial charge in [-0.1, -0.05) is 30.8 Å². The first-order valence-corrected chi connectivity index (χ1v) is 7.38. The van der Waals surface area contributed by atoms with Crippen molar-refractivity contribution in [2.45, 2.75) is 12.1 Å². The van der Waals surface area contributed by atoms with Crippen LogP contribution in [0.1, 0.15) is 17.3 Å². The molecule has 2 N–H and O–H groups in total. The number of aromatic nitrogens is 3. The van der Waals surface area contributed by atoms with Crippen molar-refractivity contribution in [1.82, 2.24) is 15.2 Å². The minimum Gasteiger partial charge on any atom is -0.291 e. The van der Waals surface area contributed by atoms with Gasteiger partial charge in [0.15, 0.2) is 0 Å². The molecule has 0 fully saturated rings. The summed E-state index contributed by atoms with van der Waals surface area (Å²) < 4.78 is 0.898. The number of aromatic amines is 1. The fraction of sp³-hybridized carbons (Fsp3) is 0.182. The van der Waals surface area contributed by atoms with Crippen LogP contribution in [0.4, 0.5) is 5.95 Å². The first-order valence-electron chi connectivity index (χ1n) is 5.31. The molecule has 7 heteroatoms. The highest BCUT2D eigenvalue weighted by Gasteiger charge is 2.11. The monoisotopic (exact) mass is 374 g/mol. The topological polar surface area (TPSA) is 70.7 Å². The molecule has 18 heavy (non-hydrogen) atoms. The first-order chi connectivity index (χ1) is 8.70. The smallest absolute Gasteiger partial charge is 0.259 e. The number of nitrogens with one attached hydrogen (secondary N) is 2. The van der Waals surface area contributed by atoms with Crippen LogP contribution >= 0.6 is 34.4 Å². The summed E-state index contributed by atoms with van der Waals surface area (Å²) in [7, 11) is 0. The molecule has 1 aromatic carbocycles. The van der Waals surface area contributed by atoms with E-state index >= 15 is 0 Å². The number of benzene rings is 1. The van der Waals surface area contributed by atoms with E-state index in [0.29, 0.717) is 16.7 Å². The molecule has 0 aliphatic heterocycles. The van der Waals surface area contributed by atoms with Crippen LogP contribution < -0.4 is 5.32 Å². The summed E-state index contributed by atoms with van der Waals surface area (Å²) in [4.78, 5) is 16.1. The number of nitrogens with zero attached hydrogens (tertiary/aromatic N) is 2. The number of H-pyrrole nitrogens is 1. The molecule has 0 spiro atoms. The summed E-state index contributed by atoms with van der Waals surface area (Å²) in [6.45, 7) is 2.02. The van der Waals surface area contributed by atoms with E-state index in [1.54, 1.807) is 6.07 Å². The highest BCUT2D eigenvalue weighted by atomic mass is 127. The lowest BCUT2D eigenvalue weighted by Crippen LogP contribution is -2.14. The predicted molar refractivity (Wildman–Crippen MR) is 79.9 cm³/mol. The summed E-state index contributed by atoms with van der Waals surface area (Å²) in [6.07, 6.45) is 0. The van der Waals surface area contributed by atoms with Gasteiger partial charge in [0.2, 0.25) is 11.1 Å². The van der Waals surface area contributed by atoms with Crippen molar-refractivity contribution in [1.29, 1.82) is 0 Å². The third-order valence-electron chi connectivity index (χ3n) is 2.09. The van der Waals surface area contributed by atoms with Crippen LogP contribution in [0.15, 0.2) is 29.4 Å². The maximum Gasteiger partial charge on any atom is 0.259 e. The van der Waals surface area contributed by atoms with E-state index in [2.05, 4.69) is 43.1 Å². The Balaban J connectivity index is 2.09. The van der Waals surface area contributed by atoms with Crippen molar-refractivity contribution in [3.63, 3.8) is 0 Å². The van der Waals surface area contributed by atoms with Crippen molar-refractivity contribution in [3.05, 3.63) is 33.4 Å². The molecule has 94 valence electrons. The number of hydrogen-bond donors (Lipinski definition) is 2. The maximum atomic E-state index is 12.0. The summed E-state index contributed by atoms with van der Waals surface area (Å²) >= 11 is 3.64. The largest absolute Gasteiger partial charge is 0.291 e. The number of amides is 1. The van der Waals surface area contributed by atoms with Gasteiger partial charge < -0.3 is 0 Å². The van der Waals surface area contributed by atoms with Gasteiger partial charge in [0.05, 0.1) is 5.56 Å². The molecule has 2 rings (SSSR count). The Morgan fingerprint density at radius 3 is 3.00 bits per heavy atom. The molecular weight excluding hydrogens is 363 g/mol. The quantitative estimate of drug-likeness (QED) is 0.638. The van der Waals surface area contributed by atoms with E-state index < -0.39 is 0 Å². The summed E-state index contributed by atoms with van der Waals surface area (Å²) in [5, 5.41) is 10.0. The van der Waals surface area contributed by atoms with Gasteiger partial charge >= 0.3 is 0 Å². The molecule has 2 aromatic rings. The van der Waals surface area contributed by atoms with Crippen molar-refractivity contribution in [2.75, 3.05) is 11.1 Å². The molecule has 0 aliphatic carbocycles. The van der Waals surface area contributed by atoms with Gasteiger partial charge in [-0.25, -0.2) is 5.10 Å². The van der Waals surface area contributed by atoms with Crippen LogP contribution in [0.3, 0.4) is 0 Å². The lowest BCUT2D eigenvalue weighted by molar-refractivity contribution is 0.102. The first kappa shape index (κ1) is 13.3. The maximum absolute atomic E-state index is 12.0. The van der Waals surface area contributed by atoms with Gasteiger partial charge in [-0.2, -0.15) is 4.98 Å². The molecule has 0 atom stereocenters. The molecule has 0 aliphatic rings. The second-order valence-electron chi connectivity index (χ2n) is 3.33. The van der Waals surface area contributed by atoms with Gasteiger partial charge in [0.1, 0.15) is 0 Å². The van der Waals surface area contributed by atoms with E-state index in [4.69, 9.17) is 0 Å². The zero-order chi connectivity index (χ0) is 13.0. The van der Waals surface area contributed by atoms with Crippen molar-refractivity contribution in [2.24, 2.45) is 0 Å². The van der Waals surface area contributed by atoms with Crippen LogP contribution in [0.5, 0.6) is 0 Å². The van der Waals surface area contributed by atoms with Crippen molar-refractivity contribution < 1.29 is 4.79 Å². The van der Waals surface area contributed by atoms with Crippen LogP contribution in [0.2, 0.25) is 0 Å². The van der Waals surface area contributed by atoms with E-state index in [9.17, 15) is 4.79 Å². The van der Waals surface area contributed by atoms with E-state index in [1.807, 2.05) is 25.1 Å². The van der Waals surface area contributed by atoms with Crippen LogP contribution in [0.25, 0.3) is 0 Å². The number of carbonyl (C=O) groups excluding carboxylic acids is 1. The molecular formula is C11H11IN4OS. The van der Waals surface area contributed by atoms with Gasteiger partial charge in [0.25, 0.3) is 5.91 Å². The van der Waals surface area contributed by atoms with Crippen LogP contribution in [-0.2, 0) is 0 Å². The molecule has 5 nitrogen and oxygen atoms in total. The van der Waals surface area contributed by atoms with E-state index in [-0.39, 0.29) is 5.91 Å². The summed E-state index contributed by atoms with van der Waals surface area (Å²) in [6, 6.07) is 7.38. The average Bonchev–Trinajstić information content (AvgIpc) is 2.77. The Labute approximate surface area is 122 Å². The van der Waals surface area contributed by atoms with Gasteiger partial charge in [0, 0.05) is 3.57 Å². The number of rotatable bonds is 4. The second kappa shape index (κ2) is 6.19. The second-order valence-corrected chi connectivity index (χ2v) is 5.73. The van der Waals surface area contributed by atoms with E-state index in [1.165, 1.54) is 11.8 Å². The van der Waals surface area contributed by atoms with Crippen molar-refractivity contribution >= 4 is 46.2 Å². The third-order valence-corrected chi connectivity index (χ3v) is 3.76. The molecule has 1 aromatic heterocycles. The number of thioether (sulfide) groups is 1. The summed E-state index contributed by atoms with van der Waals surface area (Å²) in [5.74, 6) is 1.07. The van der Waals surface area contributed by atoms with Gasteiger partial charge in [-0.3, -0.25) is 10.1 Å². The highest BCUT2D eigenvalue weighted by Crippen LogP contribution is 2.15. The average molecular weight is 374 g/mol. The summed E-state index contributed by atoms with van der Waals surface area (Å²) in [5.41, 5.74) is 0.624. The Morgan fingerprint density at radius 1 is 1.50 bits per heavy atom. The Hall–Kier alpha value is -1.09. The van der Waals surface area contributed by atoms with E-state index in [0.717, 1.165) is 9.32 Å². The Kier molecular flexibility index (Phi) is 4.59. The Morgan fingerprint density at radius 2 is 2.28 bits per heavy atom. The fourth-order valence-electron chi connectivity index (χ4n) is 1.32. The van der Waals surface area contributed by atoms with Crippen LogP contribution in [0, 0.1) is 3.57 Å². The zero-order valence-corrected chi connectivity index (χ0v) is 12.6. The number of hydrogen-bond acceptors (Lipinski definition) is 4. The normalized spacial score (nSPS) is 10.3. The standard InChI is InChI=1S/C11H11IN4OS/c1-2-18-11-14-10(15-16-11)13-9(17)7-5-3-4-6-8(7)12/h3-6H,2H2,1H3,(H2,13,14,15,16,17).